The summed E-state index contributed by atoms with van der Waals surface area (Å²) >= 11 is 0. The maximum absolute atomic E-state index is 13.1. The van der Waals surface area contributed by atoms with Crippen LogP contribution in [0.5, 0.6) is 0 Å². The molecule has 14 heavy (non-hydrogen) atoms. The third kappa shape index (κ3) is 2.25. The van der Waals surface area contributed by atoms with E-state index in [1.165, 1.54) is 0 Å². The third-order valence-electron chi connectivity index (χ3n) is 1.57. The standard InChI is InChI=1S/C9H8F3NO/c10-6-3-1-5(2-4-7(13)14)8(11)9(6)12/h1,3H,2,4H2,(H2,13,14)/i4D2. The van der Waals surface area contributed by atoms with Crippen molar-refractivity contribution in [3.05, 3.63) is 35.1 Å². The molecule has 2 nitrogen and oxygen atoms in total. The summed E-state index contributed by atoms with van der Waals surface area (Å²) in [4.78, 5) is 10.6. The fraction of sp³-hybridized carbons (Fsp3) is 0.222. The second kappa shape index (κ2) is 4.13. The molecule has 0 saturated carbocycles. The van der Waals surface area contributed by atoms with Crippen LogP contribution in [-0.2, 0) is 11.2 Å². The Morgan fingerprint density at radius 1 is 1.36 bits per heavy atom. The first kappa shape index (κ1) is 7.84. The van der Waals surface area contributed by atoms with Crippen molar-refractivity contribution >= 4 is 5.91 Å². The van der Waals surface area contributed by atoms with Crippen LogP contribution in [0.1, 0.15) is 14.7 Å². The van der Waals surface area contributed by atoms with Crippen LogP contribution in [0.3, 0.4) is 0 Å². The predicted molar refractivity (Wildman–Crippen MR) is 43.8 cm³/mol. The van der Waals surface area contributed by atoms with Crippen LogP contribution in [0, 0.1) is 17.5 Å². The second-order valence-electron chi connectivity index (χ2n) is 2.55. The van der Waals surface area contributed by atoms with Crippen LogP contribution >= 0.6 is 0 Å². The first-order valence-corrected chi connectivity index (χ1v) is 3.68. The van der Waals surface area contributed by atoms with Gasteiger partial charge in [0.2, 0.25) is 5.91 Å². The average Bonchev–Trinajstić information content (AvgIpc) is 2.19. The van der Waals surface area contributed by atoms with Gasteiger partial charge in [-0.25, -0.2) is 13.2 Å². The van der Waals surface area contributed by atoms with E-state index in [1.54, 1.807) is 0 Å². The van der Waals surface area contributed by atoms with Gasteiger partial charge in [0.25, 0.3) is 0 Å². The van der Waals surface area contributed by atoms with Crippen molar-refractivity contribution in [1.29, 1.82) is 0 Å². The number of halogens is 3. The zero-order chi connectivity index (χ0) is 12.5. The van der Waals surface area contributed by atoms with E-state index in [0.717, 1.165) is 6.07 Å². The summed E-state index contributed by atoms with van der Waals surface area (Å²) in [6.45, 7) is 0. The van der Waals surface area contributed by atoms with Crippen LogP contribution in [0.4, 0.5) is 13.2 Å². The molecule has 1 aromatic carbocycles. The predicted octanol–water partition coefficient (Wildman–Crippen LogP) is 1.52. The number of carbonyl (C=O) groups is 1. The van der Waals surface area contributed by atoms with Gasteiger partial charge in [-0.15, -0.1) is 0 Å². The van der Waals surface area contributed by atoms with Gasteiger partial charge in [0.1, 0.15) is 0 Å². The summed E-state index contributed by atoms with van der Waals surface area (Å²) in [7, 11) is 0. The van der Waals surface area contributed by atoms with Crippen LogP contribution in [0.15, 0.2) is 12.1 Å². The van der Waals surface area contributed by atoms with Gasteiger partial charge >= 0.3 is 0 Å². The maximum Gasteiger partial charge on any atom is 0.217 e. The summed E-state index contributed by atoms with van der Waals surface area (Å²) in [6, 6.07) is 1.53. The highest BCUT2D eigenvalue weighted by Crippen LogP contribution is 2.16. The van der Waals surface area contributed by atoms with Gasteiger partial charge in [0.15, 0.2) is 17.5 Å². The normalized spacial score (nSPS) is 13.4. The topological polar surface area (TPSA) is 43.1 Å². The number of rotatable bonds is 3. The summed E-state index contributed by atoms with van der Waals surface area (Å²) in [5.74, 6) is -5.87. The van der Waals surface area contributed by atoms with Crippen molar-refractivity contribution in [1.82, 2.24) is 0 Å². The molecule has 0 saturated heterocycles. The van der Waals surface area contributed by atoms with Gasteiger partial charge in [0, 0.05) is 9.11 Å². The number of hydrogen-bond acceptors (Lipinski definition) is 1. The molecule has 5 heteroatoms. The molecule has 0 unspecified atom stereocenters. The lowest BCUT2D eigenvalue weighted by molar-refractivity contribution is -0.117. The minimum absolute atomic E-state index is 0.442. The van der Waals surface area contributed by atoms with Crippen LogP contribution in [-0.4, -0.2) is 5.91 Å². The fourth-order valence-electron chi connectivity index (χ4n) is 0.885. The highest BCUT2D eigenvalue weighted by molar-refractivity contribution is 5.74. The second-order valence-corrected chi connectivity index (χ2v) is 2.55. The van der Waals surface area contributed by atoms with Crippen molar-refractivity contribution in [2.75, 3.05) is 0 Å². The Morgan fingerprint density at radius 2 is 2.00 bits per heavy atom. The van der Waals surface area contributed by atoms with Crippen LogP contribution < -0.4 is 5.73 Å². The van der Waals surface area contributed by atoms with Crippen molar-refractivity contribution in [3.63, 3.8) is 0 Å². The van der Waals surface area contributed by atoms with Crippen LogP contribution in [0.25, 0.3) is 0 Å². The molecule has 0 fully saturated rings. The minimum atomic E-state index is -2.51. The minimum Gasteiger partial charge on any atom is -0.370 e. The number of benzene rings is 1. The zero-order valence-corrected chi connectivity index (χ0v) is 6.98. The molecule has 76 valence electrons. The molecule has 1 rings (SSSR count). The van der Waals surface area contributed by atoms with E-state index in [-0.39, 0.29) is 0 Å². The van der Waals surface area contributed by atoms with Gasteiger partial charge in [-0.3, -0.25) is 4.79 Å². The Balaban J connectivity index is 3.08. The van der Waals surface area contributed by atoms with E-state index in [9.17, 15) is 18.0 Å². The Labute approximate surface area is 81.3 Å². The van der Waals surface area contributed by atoms with Crippen molar-refractivity contribution in [3.8, 4) is 0 Å². The number of primary amides is 1. The first-order chi connectivity index (χ1) is 7.25. The van der Waals surface area contributed by atoms with Gasteiger partial charge in [-0.05, 0) is 18.1 Å². The quantitative estimate of drug-likeness (QED) is 0.747. The molecule has 2 N–H and O–H groups in total. The Kier molecular flexibility index (Phi) is 2.31. The molecule has 0 heterocycles. The highest BCUT2D eigenvalue weighted by Gasteiger charge is 2.13. The molecule has 0 aromatic heterocycles. The zero-order valence-electron chi connectivity index (χ0n) is 8.98. The monoisotopic (exact) mass is 205 g/mol. The molecule has 0 aliphatic heterocycles. The number of hydrogen-bond donors (Lipinski definition) is 1. The number of carbonyl (C=O) groups excluding carboxylic acids is 1. The Bertz CT molecular complexity index is 437. The summed E-state index contributed by atoms with van der Waals surface area (Å²) < 4.78 is 52.7. The van der Waals surface area contributed by atoms with E-state index < -0.39 is 41.7 Å². The largest absolute Gasteiger partial charge is 0.370 e. The van der Waals surface area contributed by atoms with Gasteiger partial charge in [0.05, 0.1) is 0 Å². The SMILES string of the molecule is [2H]C([2H])(Cc1ccc(F)c(F)c1F)C(N)=O. The molecule has 0 aliphatic carbocycles. The molecular weight excluding hydrogens is 195 g/mol. The molecule has 0 aliphatic rings. The van der Waals surface area contributed by atoms with Gasteiger partial charge < -0.3 is 5.73 Å². The van der Waals surface area contributed by atoms with Crippen molar-refractivity contribution < 1.29 is 20.7 Å². The first-order valence-electron chi connectivity index (χ1n) is 4.68. The average molecular weight is 205 g/mol. The lowest BCUT2D eigenvalue weighted by atomic mass is 10.1. The smallest absolute Gasteiger partial charge is 0.217 e. The molecule has 1 aromatic rings. The summed E-state index contributed by atoms with van der Waals surface area (Å²) in [5, 5.41) is 0. The number of aryl methyl sites for hydroxylation is 1. The van der Waals surface area contributed by atoms with E-state index >= 15 is 0 Å². The Hall–Kier alpha value is -1.52. The molecule has 0 atom stereocenters. The molecule has 0 radical (unpaired) electrons. The molecule has 0 spiro atoms. The van der Waals surface area contributed by atoms with E-state index in [4.69, 9.17) is 8.48 Å². The van der Waals surface area contributed by atoms with Crippen LogP contribution in [0.2, 0.25) is 0 Å². The molecular formula is C9H8F3NO. The van der Waals surface area contributed by atoms with E-state index in [2.05, 4.69) is 0 Å². The highest BCUT2D eigenvalue weighted by atomic mass is 19.2. The summed E-state index contributed by atoms with van der Waals surface area (Å²) in [5.41, 5.74) is 4.29. The fourth-order valence-corrected chi connectivity index (χ4v) is 0.885. The van der Waals surface area contributed by atoms with E-state index in [1.807, 2.05) is 0 Å². The van der Waals surface area contributed by atoms with E-state index in [0.29, 0.717) is 6.07 Å². The summed E-state index contributed by atoms with van der Waals surface area (Å²) in [6.07, 6.45) is -3.25. The van der Waals surface area contributed by atoms with Gasteiger partial charge in [-0.1, -0.05) is 6.07 Å². The van der Waals surface area contributed by atoms with Crippen molar-refractivity contribution in [2.45, 2.75) is 12.8 Å². The lowest BCUT2D eigenvalue weighted by Gasteiger charge is -2.02. The third-order valence-corrected chi connectivity index (χ3v) is 1.57. The Morgan fingerprint density at radius 3 is 2.57 bits per heavy atom. The van der Waals surface area contributed by atoms with Crippen molar-refractivity contribution in [2.24, 2.45) is 5.73 Å². The lowest BCUT2D eigenvalue weighted by Crippen LogP contribution is -2.12. The molecule has 0 bridgehead atoms. The van der Waals surface area contributed by atoms with Gasteiger partial charge in [-0.2, -0.15) is 0 Å². The number of nitrogens with two attached hydrogens (primary N) is 1. The maximum atomic E-state index is 13.1. The number of amides is 1. The molecule has 1 amide bonds.